The third-order valence-corrected chi connectivity index (χ3v) is 3.63. The lowest BCUT2D eigenvalue weighted by Gasteiger charge is -2.35. The van der Waals surface area contributed by atoms with Gasteiger partial charge >= 0.3 is 0 Å². The Hall–Kier alpha value is -0.650. The fourth-order valence-corrected chi connectivity index (χ4v) is 2.55. The van der Waals surface area contributed by atoms with Crippen LogP contribution in [0.3, 0.4) is 0 Å². The summed E-state index contributed by atoms with van der Waals surface area (Å²) in [6.07, 6.45) is 4.18. The van der Waals surface area contributed by atoms with Crippen molar-refractivity contribution in [2.24, 2.45) is 11.7 Å². The van der Waals surface area contributed by atoms with Crippen LogP contribution in [0, 0.1) is 5.92 Å². The van der Waals surface area contributed by atoms with Crippen molar-refractivity contribution in [2.75, 3.05) is 20.3 Å². The fraction of sp³-hybridized carbons (Fsp3) is 0.923. The lowest BCUT2D eigenvalue weighted by atomic mass is 9.79. The number of hydrogen-bond acceptors (Lipinski definition) is 4. The number of rotatable bonds is 6. The number of carbonyl (C=O) groups excluding carboxylic acids is 1. The van der Waals surface area contributed by atoms with E-state index in [2.05, 4.69) is 12.2 Å². The van der Waals surface area contributed by atoms with Crippen LogP contribution in [0.1, 0.15) is 39.0 Å². The first-order valence-electron chi connectivity index (χ1n) is 6.71. The summed E-state index contributed by atoms with van der Waals surface area (Å²) in [7, 11) is 1.58. The normalized spacial score (nSPS) is 29.9. The number of methoxy groups -OCH3 is 1. The van der Waals surface area contributed by atoms with Gasteiger partial charge in [-0.1, -0.05) is 19.8 Å². The summed E-state index contributed by atoms with van der Waals surface area (Å²) in [6, 6.07) is -0.561. The average Bonchev–Trinajstić information content (AvgIpc) is 2.32. The molecule has 3 unspecified atom stereocenters. The number of nitrogens with one attached hydrogen (secondary N) is 1. The van der Waals surface area contributed by atoms with Crippen LogP contribution >= 0.6 is 0 Å². The molecule has 0 bridgehead atoms. The highest BCUT2D eigenvalue weighted by Crippen LogP contribution is 2.31. The van der Waals surface area contributed by atoms with Gasteiger partial charge in [-0.15, -0.1) is 0 Å². The van der Waals surface area contributed by atoms with Gasteiger partial charge in [-0.25, -0.2) is 0 Å². The molecule has 0 radical (unpaired) electrons. The summed E-state index contributed by atoms with van der Waals surface area (Å²) in [5.41, 5.74) is 4.96. The van der Waals surface area contributed by atoms with Gasteiger partial charge in [-0.2, -0.15) is 0 Å². The SMILES string of the molecule is COCCC(N)C(=O)NCC1(O)CCCC(C)C1. The molecule has 0 saturated heterocycles. The highest BCUT2D eigenvalue weighted by molar-refractivity contribution is 5.81. The van der Waals surface area contributed by atoms with Crippen molar-refractivity contribution in [1.29, 1.82) is 0 Å². The maximum atomic E-state index is 11.7. The number of amides is 1. The van der Waals surface area contributed by atoms with Crippen LogP contribution < -0.4 is 11.1 Å². The zero-order valence-electron chi connectivity index (χ0n) is 11.4. The third-order valence-electron chi connectivity index (χ3n) is 3.63. The van der Waals surface area contributed by atoms with E-state index in [-0.39, 0.29) is 5.91 Å². The van der Waals surface area contributed by atoms with E-state index in [0.717, 1.165) is 25.7 Å². The molecule has 3 atom stereocenters. The Bertz CT molecular complexity index is 273. The van der Waals surface area contributed by atoms with Crippen molar-refractivity contribution < 1.29 is 14.6 Å². The highest BCUT2D eigenvalue weighted by atomic mass is 16.5. The fourth-order valence-electron chi connectivity index (χ4n) is 2.55. The molecular weight excluding hydrogens is 232 g/mol. The standard InChI is InChI=1S/C13H26N2O3/c1-10-4-3-6-13(17,8-10)9-15-12(16)11(14)5-7-18-2/h10-11,17H,3-9,14H2,1-2H3,(H,15,16). The van der Waals surface area contributed by atoms with Crippen LogP contribution in [0.5, 0.6) is 0 Å². The second-order valence-corrected chi connectivity index (χ2v) is 5.53. The van der Waals surface area contributed by atoms with Crippen LogP contribution in [-0.2, 0) is 9.53 Å². The smallest absolute Gasteiger partial charge is 0.237 e. The molecule has 106 valence electrons. The number of ether oxygens (including phenoxy) is 1. The van der Waals surface area contributed by atoms with Crippen LogP contribution in [0.4, 0.5) is 0 Å². The van der Waals surface area contributed by atoms with E-state index in [9.17, 15) is 9.90 Å². The van der Waals surface area contributed by atoms with Crippen molar-refractivity contribution in [3.05, 3.63) is 0 Å². The minimum atomic E-state index is -0.756. The number of aliphatic hydroxyl groups is 1. The summed E-state index contributed by atoms with van der Waals surface area (Å²) in [4.78, 5) is 11.7. The summed E-state index contributed by atoms with van der Waals surface area (Å²) < 4.78 is 4.88. The van der Waals surface area contributed by atoms with Gasteiger partial charge in [0.15, 0.2) is 0 Å². The minimum Gasteiger partial charge on any atom is -0.388 e. The van der Waals surface area contributed by atoms with Crippen molar-refractivity contribution in [3.63, 3.8) is 0 Å². The van der Waals surface area contributed by atoms with E-state index in [1.807, 2.05) is 0 Å². The molecule has 0 aromatic heterocycles. The predicted molar refractivity (Wildman–Crippen MR) is 70.1 cm³/mol. The van der Waals surface area contributed by atoms with Gasteiger partial charge in [0.2, 0.25) is 5.91 Å². The Morgan fingerprint density at radius 3 is 3.00 bits per heavy atom. The molecule has 1 saturated carbocycles. The van der Waals surface area contributed by atoms with Gasteiger partial charge in [0.25, 0.3) is 0 Å². The third kappa shape index (κ3) is 4.92. The molecule has 0 aliphatic heterocycles. The van der Waals surface area contributed by atoms with Crippen LogP contribution in [0.2, 0.25) is 0 Å². The van der Waals surface area contributed by atoms with Crippen LogP contribution in [-0.4, -0.2) is 42.9 Å². The van der Waals surface area contributed by atoms with Crippen molar-refractivity contribution in [1.82, 2.24) is 5.32 Å². The Labute approximate surface area is 109 Å². The van der Waals surface area contributed by atoms with Crippen LogP contribution in [0.15, 0.2) is 0 Å². The van der Waals surface area contributed by atoms with E-state index < -0.39 is 11.6 Å². The van der Waals surface area contributed by atoms with Crippen molar-refractivity contribution >= 4 is 5.91 Å². The maximum Gasteiger partial charge on any atom is 0.237 e. The second kappa shape index (κ2) is 7.07. The average molecular weight is 258 g/mol. The largest absolute Gasteiger partial charge is 0.388 e. The van der Waals surface area contributed by atoms with Gasteiger partial charge in [0.05, 0.1) is 11.6 Å². The monoisotopic (exact) mass is 258 g/mol. The molecule has 1 aliphatic rings. The first-order valence-corrected chi connectivity index (χ1v) is 6.71. The molecule has 5 nitrogen and oxygen atoms in total. The topological polar surface area (TPSA) is 84.6 Å². The first kappa shape index (κ1) is 15.4. The van der Waals surface area contributed by atoms with E-state index >= 15 is 0 Å². The molecule has 0 aromatic rings. The van der Waals surface area contributed by atoms with Gasteiger partial charge in [-0.05, 0) is 25.2 Å². The second-order valence-electron chi connectivity index (χ2n) is 5.53. The molecular formula is C13H26N2O3. The molecule has 0 heterocycles. The molecule has 1 rings (SSSR count). The molecule has 4 N–H and O–H groups in total. The lowest BCUT2D eigenvalue weighted by Crippen LogP contribution is -2.50. The Kier molecular flexibility index (Phi) is 6.05. The minimum absolute atomic E-state index is 0.210. The van der Waals surface area contributed by atoms with Gasteiger partial charge < -0.3 is 20.9 Å². The van der Waals surface area contributed by atoms with Crippen molar-refractivity contribution in [2.45, 2.75) is 50.7 Å². The zero-order valence-corrected chi connectivity index (χ0v) is 11.4. The molecule has 1 fully saturated rings. The number of carbonyl (C=O) groups is 1. The van der Waals surface area contributed by atoms with Crippen molar-refractivity contribution in [3.8, 4) is 0 Å². The quantitative estimate of drug-likeness (QED) is 0.644. The predicted octanol–water partition coefficient (Wildman–Crippen LogP) is 0.408. The number of hydrogen-bond donors (Lipinski definition) is 3. The van der Waals surface area contributed by atoms with Crippen LogP contribution in [0.25, 0.3) is 0 Å². The summed E-state index contributed by atoms with van der Waals surface area (Å²) in [5, 5.41) is 13.1. The van der Waals surface area contributed by atoms with E-state index in [0.29, 0.717) is 25.5 Å². The summed E-state index contributed by atoms with van der Waals surface area (Å²) in [5.74, 6) is 0.307. The summed E-state index contributed by atoms with van der Waals surface area (Å²) in [6.45, 7) is 2.91. The Morgan fingerprint density at radius 1 is 1.67 bits per heavy atom. The molecule has 5 heteroatoms. The maximum absolute atomic E-state index is 11.7. The number of nitrogens with two attached hydrogens (primary N) is 1. The van der Waals surface area contributed by atoms with E-state index in [1.165, 1.54) is 0 Å². The molecule has 18 heavy (non-hydrogen) atoms. The van der Waals surface area contributed by atoms with E-state index in [4.69, 9.17) is 10.5 Å². The lowest BCUT2D eigenvalue weighted by molar-refractivity contribution is -0.124. The zero-order chi connectivity index (χ0) is 13.6. The molecule has 1 amide bonds. The molecule has 1 aliphatic carbocycles. The van der Waals surface area contributed by atoms with Gasteiger partial charge in [0, 0.05) is 20.3 Å². The Morgan fingerprint density at radius 2 is 2.39 bits per heavy atom. The first-order chi connectivity index (χ1) is 8.47. The van der Waals surface area contributed by atoms with Gasteiger partial charge in [0.1, 0.15) is 0 Å². The summed E-state index contributed by atoms with van der Waals surface area (Å²) >= 11 is 0. The van der Waals surface area contributed by atoms with E-state index in [1.54, 1.807) is 7.11 Å². The molecule has 0 spiro atoms. The van der Waals surface area contributed by atoms with Gasteiger partial charge in [-0.3, -0.25) is 4.79 Å². The highest BCUT2D eigenvalue weighted by Gasteiger charge is 2.33. The molecule has 0 aromatic carbocycles. The Balaban J connectivity index is 2.32.